The summed E-state index contributed by atoms with van der Waals surface area (Å²) < 4.78 is 14.4. The number of carboxylic acid groups (broad SMARTS) is 1. The van der Waals surface area contributed by atoms with Crippen LogP contribution in [0.25, 0.3) is 0 Å². The van der Waals surface area contributed by atoms with Gasteiger partial charge >= 0.3 is 5.97 Å². The molecule has 2 atom stereocenters. The van der Waals surface area contributed by atoms with Gasteiger partial charge in [0.1, 0.15) is 5.82 Å². The maximum absolute atomic E-state index is 14.4. The van der Waals surface area contributed by atoms with Crippen LogP contribution in [0.5, 0.6) is 0 Å². The number of hydrogen-bond donors (Lipinski definition) is 1. The van der Waals surface area contributed by atoms with Gasteiger partial charge in [-0.15, -0.1) is 0 Å². The Labute approximate surface area is 151 Å². The molecule has 0 bridgehead atoms. The summed E-state index contributed by atoms with van der Waals surface area (Å²) in [6.07, 6.45) is 5.68. The molecule has 1 aliphatic heterocycles. The molecule has 2 fully saturated rings. The van der Waals surface area contributed by atoms with E-state index >= 15 is 0 Å². The van der Waals surface area contributed by atoms with Gasteiger partial charge in [0.05, 0.1) is 6.04 Å². The first-order valence-electron chi connectivity index (χ1n) is 8.49. The van der Waals surface area contributed by atoms with Crippen molar-refractivity contribution >= 4 is 23.5 Å². The SMILES string of the molecule is CS[C@H]1CCN([C@H](C(=O)C2CC2)c2ccccc2F)C/C1=C/C(=O)O. The zero-order valence-electron chi connectivity index (χ0n) is 14.2. The lowest BCUT2D eigenvalue weighted by atomic mass is 9.93. The first-order chi connectivity index (χ1) is 12.0. The molecule has 0 radical (unpaired) electrons. The van der Waals surface area contributed by atoms with Crippen LogP contribution < -0.4 is 0 Å². The van der Waals surface area contributed by atoms with E-state index in [1.54, 1.807) is 30.0 Å². The van der Waals surface area contributed by atoms with Gasteiger partial charge in [-0.25, -0.2) is 9.18 Å². The number of halogens is 1. The van der Waals surface area contributed by atoms with E-state index in [0.29, 0.717) is 18.7 Å². The van der Waals surface area contributed by atoms with Gasteiger partial charge in [0.25, 0.3) is 0 Å². The number of benzene rings is 1. The topological polar surface area (TPSA) is 57.6 Å². The van der Waals surface area contributed by atoms with Gasteiger partial charge in [-0.05, 0) is 37.2 Å². The Morgan fingerprint density at radius 1 is 1.32 bits per heavy atom. The van der Waals surface area contributed by atoms with Crippen LogP contribution in [0.1, 0.15) is 30.9 Å². The lowest BCUT2D eigenvalue weighted by molar-refractivity contribution is -0.131. The molecular weight excluding hydrogens is 341 g/mol. The van der Waals surface area contributed by atoms with Gasteiger partial charge in [0, 0.05) is 35.9 Å². The molecule has 0 spiro atoms. The number of carbonyl (C=O) groups is 2. The van der Waals surface area contributed by atoms with Crippen LogP contribution in [0, 0.1) is 11.7 Å². The van der Waals surface area contributed by atoms with Crippen LogP contribution in [-0.2, 0) is 9.59 Å². The van der Waals surface area contributed by atoms with E-state index < -0.39 is 12.0 Å². The number of nitrogens with zero attached hydrogens (tertiary/aromatic N) is 1. The summed E-state index contributed by atoms with van der Waals surface area (Å²) in [5, 5.41) is 9.27. The average molecular weight is 363 g/mol. The zero-order valence-corrected chi connectivity index (χ0v) is 15.0. The molecule has 4 nitrogen and oxygen atoms in total. The van der Waals surface area contributed by atoms with E-state index in [0.717, 1.165) is 24.8 Å². The van der Waals surface area contributed by atoms with Gasteiger partial charge < -0.3 is 5.11 Å². The van der Waals surface area contributed by atoms with Crippen LogP contribution in [-0.4, -0.2) is 46.4 Å². The molecule has 1 aliphatic carbocycles. The van der Waals surface area contributed by atoms with Crippen LogP contribution in [0.15, 0.2) is 35.9 Å². The predicted octanol–water partition coefficient (Wildman–Crippen LogP) is 3.29. The second-order valence-corrected chi connectivity index (χ2v) is 7.68. The van der Waals surface area contributed by atoms with E-state index in [2.05, 4.69) is 0 Å². The molecular formula is C19H22FNO3S. The molecule has 1 aromatic rings. The van der Waals surface area contributed by atoms with Crippen LogP contribution >= 0.6 is 11.8 Å². The van der Waals surface area contributed by atoms with Crippen molar-refractivity contribution in [2.24, 2.45) is 5.92 Å². The highest BCUT2D eigenvalue weighted by atomic mass is 32.2. The number of carboxylic acids is 1. The lowest BCUT2D eigenvalue weighted by Gasteiger charge is -2.38. The molecule has 134 valence electrons. The third-order valence-corrected chi connectivity index (χ3v) is 5.99. The Morgan fingerprint density at radius 2 is 2.04 bits per heavy atom. The molecule has 0 aromatic heterocycles. The highest BCUT2D eigenvalue weighted by Gasteiger charge is 2.41. The quantitative estimate of drug-likeness (QED) is 0.786. The van der Waals surface area contributed by atoms with Crippen molar-refractivity contribution in [2.45, 2.75) is 30.6 Å². The maximum atomic E-state index is 14.4. The normalized spacial score (nSPS) is 24.2. The minimum absolute atomic E-state index is 0.00906. The molecule has 0 unspecified atom stereocenters. The van der Waals surface area contributed by atoms with Gasteiger partial charge in [0.2, 0.25) is 0 Å². The molecule has 2 aliphatic rings. The van der Waals surface area contributed by atoms with Gasteiger partial charge in [-0.2, -0.15) is 11.8 Å². The van der Waals surface area contributed by atoms with Crippen molar-refractivity contribution in [1.29, 1.82) is 0 Å². The summed E-state index contributed by atoms with van der Waals surface area (Å²) >= 11 is 1.62. The number of carbonyl (C=O) groups excluding carboxylic acids is 1. The Hall–Kier alpha value is -1.66. The van der Waals surface area contributed by atoms with Crippen molar-refractivity contribution in [3.8, 4) is 0 Å². The number of thioether (sulfide) groups is 1. The Balaban J connectivity index is 1.92. The zero-order chi connectivity index (χ0) is 18.0. The van der Waals surface area contributed by atoms with Crippen molar-refractivity contribution in [2.75, 3.05) is 19.3 Å². The number of piperidine rings is 1. The number of rotatable bonds is 6. The largest absolute Gasteiger partial charge is 0.478 e. The van der Waals surface area contributed by atoms with Crippen molar-refractivity contribution in [3.63, 3.8) is 0 Å². The third kappa shape index (κ3) is 4.12. The fourth-order valence-corrected chi connectivity index (χ4v) is 4.27. The van der Waals surface area contributed by atoms with E-state index in [4.69, 9.17) is 5.11 Å². The third-order valence-electron chi connectivity index (χ3n) is 4.89. The number of aliphatic carboxylic acids is 1. The van der Waals surface area contributed by atoms with E-state index in [1.165, 1.54) is 12.1 Å². The smallest absolute Gasteiger partial charge is 0.328 e. The van der Waals surface area contributed by atoms with Crippen molar-refractivity contribution in [3.05, 3.63) is 47.3 Å². The summed E-state index contributed by atoms with van der Waals surface area (Å²) in [4.78, 5) is 26.0. The molecule has 1 saturated carbocycles. The van der Waals surface area contributed by atoms with E-state index in [9.17, 15) is 14.0 Å². The van der Waals surface area contributed by atoms with E-state index in [1.807, 2.05) is 11.2 Å². The number of likely N-dealkylation sites (tertiary alicyclic amines) is 1. The summed E-state index contributed by atoms with van der Waals surface area (Å²) in [6, 6.07) is 5.78. The lowest BCUT2D eigenvalue weighted by Crippen LogP contribution is -2.43. The standard InChI is InChI=1S/C19H22FNO3S/c1-25-16-8-9-21(11-13(16)10-17(22)23)18(19(24)12-6-7-12)14-4-2-3-5-15(14)20/h2-5,10,12,16,18H,6-9,11H2,1H3,(H,22,23)/b13-10-/t16-,18-/m0/s1. The first-order valence-corrected chi connectivity index (χ1v) is 9.78. The number of hydrogen-bond acceptors (Lipinski definition) is 4. The minimum Gasteiger partial charge on any atom is -0.478 e. The number of ketones is 1. The molecule has 25 heavy (non-hydrogen) atoms. The minimum atomic E-state index is -0.980. The average Bonchev–Trinajstić information content (AvgIpc) is 3.41. The van der Waals surface area contributed by atoms with Gasteiger partial charge in [-0.3, -0.25) is 9.69 Å². The van der Waals surface area contributed by atoms with Crippen LogP contribution in [0.4, 0.5) is 4.39 Å². The molecule has 0 amide bonds. The van der Waals surface area contributed by atoms with Crippen LogP contribution in [0.3, 0.4) is 0 Å². The molecule has 6 heteroatoms. The van der Waals surface area contributed by atoms with Crippen molar-refractivity contribution in [1.82, 2.24) is 4.90 Å². The molecule has 1 heterocycles. The fourth-order valence-electron chi connectivity index (χ4n) is 3.49. The molecule has 1 saturated heterocycles. The Bertz CT molecular complexity index is 702. The second kappa shape index (κ2) is 7.70. The maximum Gasteiger partial charge on any atom is 0.328 e. The molecule has 1 aromatic carbocycles. The van der Waals surface area contributed by atoms with Gasteiger partial charge in [0.15, 0.2) is 5.78 Å². The molecule has 3 rings (SSSR count). The summed E-state index contributed by atoms with van der Waals surface area (Å²) in [5.41, 5.74) is 1.19. The molecule has 1 N–H and O–H groups in total. The number of Topliss-reactive ketones (excluding diaryl/α,β-unsaturated/α-hetero) is 1. The predicted molar refractivity (Wildman–Crippen MR) is 96.1 cm³/mol. The highest BCUT2D eigenvalue weighted by Crippen LogP contribution is 2.40. The Morgan fingerprint density at radius 3 is 2.64 bits per heavy atom. The Kier molecular flexibility index (Phi) is 5.59. The monoisotopic (exact) mass is 363 g/mol. The summed E-state index contributed by atoms with van der Waals surface area (Å²) in [7, 11) is 0. The first kappa shape index (κ1) is 18.1. The van der Waals surface area contributed by atoms with Crippen molar-refractivity contribution < 1.29 is 19.1 Å². The fraction of sp³-hybridized carbons (Fsp3) is 0.474. The summed E-state index contributed by atoms with van der Waals surface area (Å²) in [5.74, 6) is -1.29. The summed E-state index contributed by atoms with van der Waals surface area (Å²) in [6.45, 7) is 1.04. The second-order valence-electron chi connectivity index (χ2n) is 6.64. The van der Waals surface area contributed by atoms with Gasteiger partial charge in [-0.1, -0.05) is 18.2 Å². The van der Waals surface area contributed by atoms with Crippen LogP contribution in [0.2, 0.25) is 0 Å². The van der Waals surface area contributed by atoms with E-state index in [-0.39, 0.29) is 22.8 Å². The highest BCUT2D eigenvalue weighted by molar-refractivity contribution is 7.99.